The number of aryl methyl sites for hydroxylation is 1. The van der Waals surface area contributed by atoms with Gasteiger partial charge in [-0.05, 0) is 48.7 Å². The summed E-state index contributed by atoms with van der Waals surface area (Å²) >= 11 is 0. The van der Waals surface area contributed by atoms with Gasteiger partial charge in [-0.3, -0.25) is 9.59 Å². The molecule has 1 aromatic heterocycles. The molecule has 1 fully saturated rings. The highest BCUT2D eigenvalue weighted by atomic mass is 19.1. The van der Waals surface area contributed by atoms with Gasteiger partial charge < -0.3 is 19.8 Å². The summed E-state index contributed by atoms with van der Waals surface area (Å²) in [5.41, 5.74) is 1.11. The predicted molar refractivity (Wildman–Crippen MR) is 129 cm³/mol. The Morgan fingerprint density at radius 2 is 1.94 bits per heavy atom. The predicted octanol–water partition coefficient (Wildman–Crippen LogP) is 3.94. The number of methoxy groups -OCH3 is 1. The van der Waals surface area contributed by atoms with Crippen molar-refractivity contribution < 1.29 is 18.7 Å². The van der Waals surface area contributed by atoms with Gasteiger partial charge >= 0.3 is 0 Å². The Morgan fingerprint density at radius 3 is 2.69 bits per heavy atom. The summed E-state index contributed by atoms with van der Waals surface area (Å²) in [6, 6.07) is 11.5. The molecule has 4 rings (SSSR count). The fourth-order valence-electron chi connectivity index (χ4n) is 4.15. The number of rotatable bonds is 9. The zero-order valence-corrected chi connectivity index (χ0v) is 19.7. The van der Waals surface area contributed by atoms with Crippen molar-refractivity contribution >= 4 is 5.91 Å². The molecular formula is C26H29FN4O4. The number of carbonyl (C=O) groups excluding carboxylic acids is 1. The molecule has 1 aliphatic rings. The lowest BCUT2D eigenvalue weighted by molar-refractivity contribution is -0.122. The number of nitrogens with zero attached hydrogens (tertiary/aromatic N) is 2. The van der Waals surface area contributed by atoms with E-state index in [1.54, 1.807) is 30.3 Å². The lowest BCUT2D eigenvalue weighted by Gasteiger charge is -2.22. The third-order valence-corrected chi connectivity index (χ3v) is 6.04. The van der Waals surface area contributed by atoms with Gasteiger partial charge in [-0.2, -0.15) is 0 Å². The second-order valence-corrected chi connectivity index (χ2v) is 8.64. The molecule has 0 atom stereocenters. The van der Waals surface area contributed by atoms with E-state index in [2.05, 4.69) is 20.5 Å². The number of nitrogens with one attached hydrogen (secondary N) is 2. The van der Waals surface area contributed by atoms with E-state index in [0.717, 1.165) is 25.7 Å². The van der Waals surface area contributed by atoms with Crippen LogP contribution in [0.4, 0.5) is 4.39 Å². The molecule has 184 valence electrons. The molecule has 1 amide bonds. The molecule has 35 heavy (non-hydrogen) atoms. The van der Waals surface area contributed by atoms with Crippen LogP contribution in [0, 0.1) is 5.82 Å². The number of H-pyrrole nitrogens is 1. The normalized spacial score (nSPS) is 13.9. The van der Waals surface area contributed by atoms with Gasteiger partial charge in [0.05, 0.1) is 7.11 Å². The van der Waals surface area contributed by atoms with Crippen LogP contribution in [0.5, 0.6) is 11.5 Å². The van der Waals surface area contributed by atoms with Crippen molar-refractivity contribution in [3.05, 3.63) is 69.9 Å². The van der Waals surface area contributed by atoms with E-state index in [0.29, 0.717) is 22.6 Å². The van der Waals surface area contributed by atoms with Gasteiger partial charge in [0.2, 0.25) is 5.91 Å². The molecule has 8 nitrogen and oxygen atoms in total. The standard InChI is InChI=1S/C26H29FN4O4/c1-34-23-15-18(10-12-22(23)35-16-17-6-5-7-19(27)14-17)25-29-26(33)21(30-31-25)11-13-24(32)28-20-8-3-2-4-9-20/h5-7,10,12,14-15,20H,2-4,8-9,11,13,16H2,1H3,(H,28,32)(H,29,31,33). The first kappa shape index (κ1) is 24.4. The van der Waals surface area contributed by atoms with Gasteiger partial charge in [0.1, 0.15) is 18.1 Å². The first-order valence-corrected chi connectivity index (χ1v) is 11.8. The lowest BCUT2D eigenvalue weighted by Crippen LogP contribution is -2.36. The monoisotopic (exact) mass is 480 g/mol. The van der Waals surface area contributed by atoms with Gasteiger partial charge in [-0.15, -0.1) is 10.2 Å². The van der Waals surface area contributed by atoms with E-state index >= 15 is 0 Å². The van der Waals surface area contributed by atoms with Crippen molar-refractivity contribution in [2.24, 2.45) is 0 Å². The number of aromatic nitrogens is 3. The van der Waals surface area contributed by atoms with Crippen molar-refractivity contribution in [3.8, 4) is 22.9 Å². The summed E-state index contributed by atoms with van der Waals surface area (Å²) in [4.78, 5) is 27.5. The van der Waals surface area contributed by atoms with Crippen LogP contribution < -0.4 is 20.3 Å². The molecule has 0 radical (unpaired) electrons. The van der Waals surface area contributed by atoms with Gasteiger partial charge in [0.15, 0.2) is 17.3 Å². The fraction of sp³-hybridized carbons (Fsp3) is 0.385. The maximum Gasteiger partial charge on any atom is 0.273 e. The van der Waals surface area contributed by atoms with Gasteiger partial charge in [-0.1, -0.05) is 31.4 Å². The molecule has 0 aliphatic heterocycles. The minimum atomic E-state index is -0.383. The van der Waals surface area contributed by atoms with E-state index in [4.69, 9.17) is 9.47 Å². The van der Waals surface area contributed by atoms with E-state index in [9.17, 15) is 14.0 Å². The van der Waals surface area contributed by atoms with E-state index in [-0.39, 0.29) is 54.3 Å². The second-order valence-electron chi connectivity index (χ2n) is 8.64. The van der Waals surface area contributed by atoms with E-state index in [1.807, 2.05) is 0 Å². The molecule has 1 heterocycles. The zero-order valence-electron chi connectivity index (χ0n) is 19.7. The molecule has 3 aromatic rings. The van der Waals surface area contributed by atoms with Crippen LogP contribution in [0.15, 0.2) is 47.3 Å². The summed E-state index contributed by atoms with van der Waals surface area (Å²) in [6.45, 7) is 0.174. The first-order chi connectivity index (χ1) is 17.0. The van der Waals surface area contributed by atoms with Gasteiger partial charge in [0, 0.05) is 24.4 Å². The number of halogens is 1. The average molecular weight is 481 g/mol. The Balaban J connectivity index is 1.38. The molecule has 0 saturated heterocycles. The third-order valence-electron chi connectivity index (χ3n) is 6.04. The highest BCUT2D eigenvalue weighted by Gasteiger charge is 2.17. The van der Waals surface area contributed by atoms with Crippen LogP contribution in [0.3, 0.4) is 0 Å². The minimum absolute atomic E-state index is 0.0688. The Bertz CT molecular complexity index is 1220. The quantitative estimate of drug-likeness (QED) is 0.481. The number of aromatic amines is 1. The van der Waals surface area contributed by atoms with E-state index < -0.39 is 0 Å². The first-order valence-electron chi connectivity index (χ1n) is 11.8. The van der Waals surface area contributed by atoms with Crippen molar-refractivity contribution in [2.75, 3.05) is 7.11 Å². The topological polar surface area (TPSA) is 106 Å². The zero-order chi connectivity index (χ0) is 24.6. The smallest absolute Gasteiger partial charge is 0.273 e. The van der Waals surface area contributed by atoms with Crippen LogP contribution in [0.25, 0.3) is 11.4 Å². The molecule has 0 bridgehead atoms. The fourth-order valence-corrected chi connectivity index (χ4v) is 4.15. The van der Waals surface area contributed by atoms with Crippen molar-refractivity contribution in [3.63, 3.8) is 0 Å². The van der Waals surface area contributed by atoms with Crippen LogP contribution in [-0.2, 0) is 17.8 Å². The van der Waals surface area contributed by atoms with Crippen LogP contribution >= 0.6 is 0 Å². The largest absolute Gasteiger partial charge is 0.493 e. The summed E-state index contributed by atoms with van der Waals surface area (Å²) < 4.78 is 24.6. The number of benzene rings is 2. The summed E-state index contributed by atoms with van der Waals surface area (Å²) in [6.07, 6.45) is 5.94. The Kier molecular flexibility index (Phi) is 8.07. The van der Waals surface area contributed by atoms with Gasteiger partial charge in [-0.25, -0.2) is 4.39 Å². The molecule has 1 aliphatic carbocycles. The molecule has 2 N–H and O–H groups in total. The van der Waals surface area contributed by atoms with Crippen molar-refractivity contribution in [1.82, 2.24) is 20.5 Å². The summed E-state index contributed by atoms with van der Waals surface area (Å²) in [7, 11) is 1.50. The minimum Gasteiger partial charge on any atom is -0.493 e. The van der Waals surface area contributed by atoms with Crippen LogP contribution in [0.1, 0.15) is 49.8 Å². The summed E-state index contributed by atoms with van der Waals surface area (Å²) in [5, 5.41) is 11.2. The molecule has 1 saturated carbocycles. The van der Waals surface area contributed by atoms with Crippen LogP contribution in [0.2, 0.25) is 0 Å². The Labute approximate surface area is 202 Å². The molecule has 0 spiro atoms. The number of hydrogen-bond acceptors (Lipinski definition) is 6. The maximum atomic E-state index is 13.4. The molecule has 9 heteroatoms. The third kappa shape index (κ3) is 6.65. The average Bonchev–Trinajstić information content (AvgIpc) is 2.87. The number of amides is 1. The van der Waals surface area contributed by atoms with Crippen molar-refractivity contribution in [1.29, 1.82) is 0 Å². The second kappa shape index (κ2) is 11.6. The molecule has 0 unspecified atom stereocenters. The number of ether oxygens (including phenoxy) is 2. The SMILES string of the molecule is COc1cc(-c2nnc(CCC(=O)NC3CCCCC3)c(=O)[nH]2)ccc1OCc1cccc(F)c1. The highest BCUT2D eigenvalue weighted by molar-refractivity contribution is 5.76. The Hall–Kier alpha value is -3.75. The maximum absolute atomic E-state index is 13.4. The Morgan fingerprint density at radius 1 is 1.11 bits per heavy atom. The lowest BCUT2D eigenvalue weighted by atomic mass is 9.95. The van der Waals surface area contributed by atoms with E-state index in [1.165, 1.54) is 25.7 Å². The number of carbonyl (C=O) groups is 1. The van der Waals surface area contributed by atoms with Crippen molar-refractivity contribution in [2.45, 2.75) is 57.6 Å². The highest BCUT2D eigenvalue weighted by Crippen LogP contribution is 2.31. The molecular weight excluding hydrogens is 451 g/mol. The number of hydrogen-bond donors (Lipinski definition) is 2. The van der Waals surface area contributed by atoms with Crippen LogP contribution in [-0.4, -0.2) is 34.2 Å². The summed E-state index contributed by atoms with van der Waals surface area (Å²) in [5.74, 6) is 0.784. The molecule has 2 aromatic carbocycles. The van der Waals surface area contributed by atoms with Gasteiger partial charge in [0.25, 0.3) is 5.56 Å².